The van der Waals surface area contributed by atoms with Gasteiger partial charge in [0.1, 0.15) is 17.4 Å². The van der Waals surface area contributed by atoms with Gasteiger partial charge < -0.3 is 10.1 Å². The molecule has 0 aliphatic carbocycles. The van der Waals surface area contributed by atoms with Gasteiger partial charge in [0, 0.05) is 30.3 Å². The zero-order valence-electron chi connectivity index (χ0n) is 12.0. The van der Waals surface area contributed by atoms with E-state index in [1.54, 1.807) is 12.3 Å². The summed E-state index contributed by atoms with van der Waals surface area (Å²) < 4.78 is 5.82. The third-order valence-electron chi connectivity index (χ3n) is 2.97. The normalized spacial score (nSPS) is 10.6. The summed E-state index contributed by atoms with van der Waals surface area (Å²) in [5.74, 6) is 2.66. The minimum Gasteiger partial charge on any atom is -0.439 e. The van der Waals surface area contributed by atoms with Gasteiger partial charge in [-0.05, 0) is 32.0 Å². The summed E-state index contributed by atoms with van der Waals surface area (Å²) in [6.07, 6.45) is 1.77. The van der Waals surface area contributed by atoms with E-state index in [9.17, 15) is 0 Å². The Morgan fingerprint density at radius 3 is 2.90 bits per heavy atom. The molecule has 0 saturated carbocycles. The number of ether oxygens (including phenoxy) is 1. The van der Waals surface area contributed by atoms with Crippen LogP contribution >= 0.6 is 0 Å². The van der Waals surface area contributed by atoms with E-state index in [-0.39, 0.29) is 0 Å². The summed E-state index contributed by atoms with van der Waals surface area (Å²) in [5.41, 5.74) is 0.896. The van der Waals surface area contributed by atoms with Crippen LogP contribution in [0.15, 0.2) is 42.6 Å². The van der Waals surface area contributed by atoms with E-state index in [1.165, 1.54) is 0 Å². The second-order valence-corrected chi connectivity index (χ2v) is 4.63. The van der Waals surface area contributed by atoms with Crippen LogP contribution < -0.4 is 10.1 Å². The number of aromatic nitrogens is 3. The fraction of sp³-hybridized carbons (Fsp3) is 0.188. The maximum absolute atomic E-state index is 5.82. The average molecular weight is 280 g/mol. The smallest absolute Gasteiger partial charge is 0.224 e. The van der Waals surface area contributed by atoms with Gasteiger partial charge in [0.15, 0.2) is 0 Å². The van der Waals surface area contributed by atoms with Gasteiger partial charge in [-0.3, -0.25) is 4.98 Å². The highest BCUT2D eigenvalue weighted by Crippen LogP contribution is 2.24. The van der Waals surface area contributed by atoms with Gasteiger partial charge in [0.05, 0.1) is 5.52 Å². The van der Waals surface area contributed by atoms with Crippen molar-refractivity contribution in [1.29, 1.82) is 0 Å². The molecule has 0 unspecified atom stereocenters. The van der Waals surface area contributed by atoms with E-state index in [0.29, 0.717) is 17.5 Å². The van der Waals surface area contributed by atoms with Crippen molar-refractivity contribution in [1.82, 2.24) is 15.0 Å². The topological polar surface area (TPSA) is 59.9 Å². The van der Waals surface area contributed by atoms with E-state index < -0.39 is 0 Å². The number of fused-ring (bicyclic) bond motifs is 1. The zero-order chi connectivity index (χ0) is 14.7. The first-order valence-corrected chi connectivity index (χ1v) is 6.87. The Kier molecular flexibility index (Phi) is 3.64. The number of hydrogen-bond acceptors (Lipinski definition) is 5. The Morgan fingerprint density at radius 2 is 2.05 bits per heavy atom. The van der Waals surface area contributed by atoms with Crippen molar-refractivity contribution in [2.75, 3.05) is 11.9 Å². The molecule has 0 amide bonds. The molecule has 2 heterocycles. The summed E-state index contributed by atoms with van der Waals surface area (Å²) in [5, 5.41) is 4.24. The predicted octanol–water partition coefficient (Wildman–Crippen LogP) is 3.56. The Morgan fingerprint density at radius 1 is 1.14 bits per heavy atom. The second-order valence-electron chi connectivity index (χ2n) is 4.63. The van der Waals surface area contributed by atoms with Crippen molar-refractivity contribution in [3.8, 4) is 11.6 Å². The van der Waals surface area contributed by atoms with Crippen molar-refractivity contribution in [3.63, 3.8) is 0 Å². The number of anilines is 1. The van der Waals surface area contributed by atoms with E-state index in [1.807, 2.05) is 44.2 Å². The first kappa shape index (κ1) is 13.3. The lowest BCUT2D eigenvalue weighted by molar-refractivity contribution is 0.461. The third-order valence-corrected chi connectivity index (χ3v) is 2.97. The van der Waals surface area contributed by atoms with Crippen LogP contribution in [0.1, 0.15) is 12.7 Å². The molecule has 3 rings (SSSR count). The van der Waals surface area contributed by atoms with Crippen LogP contribution in [0.4, 0.5) is 5.82 Å². The van der Waals surface area contributed by atoms with E-state index in [4.69, 9.17) is 4.74 Å². The largest absolute Gasteiger partial charge is 0.439 e. The number of aryl methyl sites for hydroxylation is 1. The molecule has 0 atom stereocenters. The highest BCUT2D eigenvalue weighted by atomic mass is 16.5. The van der Waals surface area contributed by atoms with Crippen LogP contribution in [0, 0.1) is 6.92 Å². The van der Waals surface area contributed by atoms with E-state index >= 15 is 0 Å². The predicted molar refractivity (Wildman–Crippen MR) is 82.7 cm³/mol. The molecule has 0 radical (unpaired) electrons. The van der Waals surface area contributed by atoms with Crippen molar-refractivity contribution in [2.45, 2.75) is 13.8 Å². The lowest BCUT2D eigenvalue weighted by atomic mass is 10.2. The van der Waals surface area contributed by atoms with Crippen LogP contribution in [0.25, 0.3) is 10.9 Å². The van der Waals surface area contributed by atoms with E-state index in [2.05, 4.69) is 20.3 Å². The molecule has 21 heavy (non-hydrogen) atoms. The van der Waals surface area contributed by atoms with Gasteiger partial charge in [-0.25, -0.2) is 4.98 Å². The first-order valence-electron chi connectivity index (χ1n) is 6.87. The zero-order valence-corrected chi connectivity index (χ0v) is 12.0. The molecule has 0 saturated heterocycles. The summed E-state index contributed by atoms with van der Waals surface area (Å²) in [6.45, 7) is 4.67. The molecule has 0 fully saturated rings. The number of benzene rings is 1. The number of pyridine rings is 1. The Labute approximate surface area is 123 Å². The van der Waals surface area contributed by atoms with Crippen molar-refractivity contribution >= 4 is 16.7 Å². The fourth-order valence-corrected chi connectivity index (χ4v) is 2.09. The molecule has 0 spiro atoms. The monoisotopic (exact) mass is 280 g/mol. The molecule has 1 aromatic carbocycles. The molecule has 2 aromatic heterocycles. The van der Waals surface area contributed by atoms with Gasteiger partial charge in [-0.15, -0.1) is 0 Å². The number of nitrogens with one attached hydrogen (secondary N) is 1. The van der Waals surface area contributed by atoms with Gasteiger partial charge in [0.2, 0.25) is 5.88 Å². The second kappa shape index (κ2) is 5.75. The number of hydrogen-bond donors (Lipinski definition) is 1. The van der Waals surface area contributed by atoms with E-state index in [0.717, 1.165) is 23.3 Å². The Balaban J connectivity index is 1.90. The molecular formula is C16H16N4O. The third kappa shape index (κ3) is 3.08. The molecule has 3 aromatic rings. The molecule has 5 heteroatoms. The van der Waals surface area contributed by atoms with Gasteiger partial charge >= 0.3 is 0 Å². The van der Waals surface area contributed by atoms with Crippen LogP contribution in [0.5, 0.6) is 11.6 Å². The maximum Gasteiger partial charge on any atom is 0.224 e. The molecule has 106 valence electrons. The quantitative estimate of drug-likeness (QED) is 0.791. The van der Waals surface area contributed by atoms with Crippen molar-refractivity contribution in [3.05, 3.63) is 48.4 Å². The summed E-state index contributed by atoms with van der Waals surface area (Å²) in [7, 11) is 0. The first-order chi connectivity index (χ1) is 10.2. The van der Waals surface area contributed by atoms with Crippen molar-refractivity contribution < 1.29 is 4.74 Å². The minimum atomic E-state index is 0.522. The Bertz CT molecular complexity index is 773. The Hall–Kier alpha value is -2.69. The number of rotatable bonds is 4. The highest BCUT2D eigenvalue weighted by molar-refractivity contribution is 5.79. The van der Waals surface area contributed by atoms with Gasteiger partial charge in [-0.2, -0.15) is 4.98 Å². The molecule has 0 aliphatic rings. The molecule has 0 aliphatic heterocycles. The molecular weight excluding hydrogens is 264 g/mol. The molecule has 5 nitrogen and oxygen atoms in total. The molecule has 0 bridgehead atoms. The summed E-state index contributed by atoms with van der Waals surface area (Å²) in [6, 6.07) is 11.5. The summed E-state index contributed by atoms with van der Waals surface area (Å²) in [4.78, 5) is 12.9. The highest BCUT2D eigenvalue weighted by Gasteiger charge is 2.05. The van der Waals surface area contributed by atoms with Gasteiger partial charge in [-0.1, -0.05) is 6.07 Å². The van der Waals surface area contributed by atoms with Crippen molar-refractivity contribution in [2.24, 2.45) is 0 Å². The fourth-order valence-electron chi connectivity index (χ4n) is 2.09. The van der Waals surface area contributed by atoms with Crippen LogP contribution in [-0.2, 0) is 0 Å². The van der Waals surface area contributed by atoms with Gasteiger partial charge in [0.25, 0.3) is 0 Å². The standard InChI is InChI=1S/C16H16N4O/c1-3-17-15-10-16(20-11(2)19-15)21-13-7-6-12-5-4-8-18-14(12)9-13/h4-10H,3H2,1-2H3,(H,17,19,20). The molecule has 1 N–H and O–H groups in total. The maximum atomic E-state index is 5.82. The van der Waals surface area contributed by atoms with Crippen LogP contribution in [-0.4, -0.2) is 21.5 Å². The number of nitrogens with zero attached hydrogens (tertiary/aromatic N) is 3. The summed E-state index contributed by atoms with van der Waals surface area (Å²) >= 11 is 0. The van der Waals surface area contributed by atoms with Crippen LogP contribution in [0.3, 0.4) is 0 Å². The van der Waals surface area contributed by atoms with Crippen LogP contribution in [0.2, 0.25) is 0 Å². The lowest BCUT2D eigenvalue weighted by Gasteiger charge is -2.09. The lowest BCUT2D eigenvalue weighted by Crippen LogP contribution is -2.02. The average Bonchev–Trinajstić information content (AvgIpc) is 2.47. The minimum absolute atomic E-state index is 0.522. The SMILES string of the molecule is CCNc1cc(Oc2ccc3cccnc3c2)nc(C)n1.